The number of fused-ring (bicyclic) bond motifs is 2. The minimum absolute atomic E-state index is 0.129. The summed E-state index contributed by atoms with van der Waals surface area (Å²) in [6.07, 6.45) is -4.78. The number of hydrogen-bond donors (Lipinski definition) is 0. The molecule has 0 bridgehead atoms. The lowest BCUT2D eigenvalue weighted by molar-refractivity contribution is -0.203. The summed E-state index contributed by atoms with van der Waals surface area (Å²) in [7, 11) is 0. The van der Waals surface area contributed by atoms with Crippen molar-refractivity contribution in [2.45, 2.75) is 37.6 Å². The van der Waals surface area contributed by atoms with Crippen LogP contribution in [0.15, 0.2) is 42.5 Å². The second kappa shape index (κ2) is 9.42. The van der Waals surface area contributed by atoms with Crippen LogP contribution in [0, 0.1) is 17.6 Å². The number of likely N-dealkylation sites (tertiary alicyclic amines) is 1. The third-order valence-corrected chi connectivity index (χ3v) is 6.42. The van der Waals surface area contributed by atoms with Gasteiger partial charge in [-0.15, -0.1) is 0 Å². The normalized spacial score (nSPS) is 18.5. The Balaban J connectivity index is 1.48. The third-order valence-electron chi connectivity index (χ3n) is 6.42. The molecule has 0 saturated carbocycles. The first-order valence-electron chi connectivity index (χ1n) is 10.8. The molecule has 2 heterocycles. The number of carbonyl (C=O) groups excluding carboxylic acids is 2. The highest BCUT2D eigenvalue weighted by Gasteiger charge is 2.45. The number of ether oxygens (including phenoxy) is 2. The van der Waals surface area contributed by atoms with Gasteiger partial charge in [0.05, 0.1) is 18.1 Å². The standard InChI is InChI=1S/C24H22F5NO4/c25-19-6-3-7-20(26)17(19)12-16(21(31)34-22(32)24(27,28)29)13-30-10-8-23(9-11-30)18-5-2-1-4-15(18)14-33-23/h1-7,16H,8-14H2. The number of carbonyl (C=O) groups is 2. The number of halogens is 5. The molecule has 0 aliphatic carbocycles. The van der Waals surface area contributed by atoms with Crippen LogP contribution >= 0.6 is 0 Å². The van der Waals surface area contributed by atoms with Crippen molar-refractivity contribution in [2.24, 2.45) is 5.92 Å². The molecular weight excluding hydrogens is 461 g/mol. The van der Waals surface area contributed by atoms with Crippen molar-refractivity contribution in [2.75, 3.05) is 19.6 Å². The smallest absolute Gasteiger partial charge is 0.386 e. The summed E-state index contributed by atoms with van der Waals surface area (Å²) >= 11 is 0. The van der Waals surface area contributed by atoms with Gasteiger partial charge in [0.1, 0.15) is 11.6 Å². The lowest BCUT2D eigenvalue weighted by Crippen LogP contribution is -2.46. The summed E-state index contributed by atoms with van der Waals surface area (Å²) in [5.41, 5.74) is 1.26. The Morgan fingerprint density at radius 3 is 2.32 bits per heavy atom. The lowest BCUT2D eigenvalue weighted by Gasteiger charge is -2.40. The molecular formula is C24H22F5NO4. The van der Waals surface area contributed by atoms with Crippen LogP contribution in [0.4, 0.5) is 22.0 Å². The van der Waals surface area contributed by atoms with E-state index >= 15 is 0 Å². The maximum Gasteiger partial charge on any atom is 0.491 e. The van der Waals surface area contributed by atoms with Crippen LogP contribution in [-0.4, -0.2) is 42.6 Å². The molecule has 2 aromatic carbocycles. The van der Waals surface area contributed by atoms with Crippen molar-refractivity contribution in [3.8, 4) is 0 Å². The minimum atomic E-state index is -5.37. The van der Waals surface area contributed by atoms with Crippen LogP contribution in [-0.2, 0) is 37.7 Å². The zero-order valence-electron chi connectivity index (χ0n) is 18.0. The molecule has 0 amide bonds. The van der Waals surface area contributed by atoms with Gasteiger partial charge in [0.25, 0.3) is 0 Å². The fourth-order valence-corrected chi connectivity index (χ4v) is 4.64. The fourth-order valence-electron chi connectivity index (χ4n) is 4.64. The first-order valence-corrected chi connectivity index (χ1v) is 10.8. The highest BCUT2D eigenvalue weighted by molar-refractivity contribution is 5.89. The molecule has 1 unspecified atom stereocenters. The summed E-state index contributed by atoms with van der Waals surface area (Å²) < 4.78 is 76.3. The van der Waals surface area contributed by atoms with Gasteiger partial charge in [-0.3, -0.25) is 4.79 Å². The number of esters is 2. The van der Waals surface area contributed by atoms with Gasteiger partial charge < -0.3 is 14.4 Å². The van der Waals surface area contributed by atoms with Crippen LogP contribution in [0.25, 0.3) is 0 Å². The Bertz CT molecular complexity index is 1060. The molecule has 0 radical (unpaired) electrons. The van der Waals surface area contributed by atoms with E-state index in [0.717, 1.165) is 29.3 Å². The Morgan fingerprint density at radius 1 is 1.03 bits per heavy atom. The number of hydrogen-bond acceptors (Lipinski definition) is 5. The van der Waals surface area contributed by atoms with Crippen molar-refractivity contribution < 1.29 is 41.0 Å². The first kappa shape index (κ1) is 24.3. The van der Waals surface area contributed by atoms with Gasteiger partial charge >= 0.3 is 18.1 Å². The van der Waals surface area contributed by atoms with Gasteiger partial charge in [0.15, 0.2) is 0 Å². The highest BCUT2D eigenvalue weighted by Crippen LogP contribution is 2.44. The largest absolute Gasteiger partial charge is 0.491 e. The Kier molecular flexibility index (Phi) is 6.73. The minimum Gasteiger partial charge on any atom is -0.386 e. The molecule has 5 nitrogen and oxygen atoms in total. The Morgan fingerprint density at radius 2 is 1.68 bits per heavy atom. The highest BCUT2D eigenvalue weighted by atomic mass is 19.4. The lowest BCUT2D eigenvalue weighted by atomic mass is 9.83. The quantitative estimate of drug-likeness (QED) is 0.361. The number of nitrogens with zero attached hydrogens (tertiary/aromatic N) is 1. The SMILES string of the molecule is O=C(OC(=O)C(F)(F)F)C(Cc1c(F)cccc1F)CN1CCC2(CC1)OCc1ccccc12. The van der Waals surface area contributed by atoms with Gasteiger partial charge in [-0.25, -0.2) is 13.6 Å². The molecule has 2 aliphatic rings. The maximum absolute atomic E-state index is 14.2. The Labute approximate surface area is 192 Å². The van der Waals surface area contributed by atoms with Gasteiger partial charge in [-0.05, 0) is 42.5 Å². The molecule has 10 heteroatoms. The average Bonchev–Trinajstić information content (AvgIpc) is 3.14. The van der Waals surface area contributed by atoms with Crippen LogP contribution in [0.3, 0.4) is 0 Å². The van der Waals surface area contributed by atoms with E-state index in [2.05, 4.69) is 4.74 Å². The molecule has 4 rings (SSSR count). The number of benzene rings is 2. The average molecular weight is 483 g/mol. The number of rotatable bonds is 5. The predicted molar refractivity (Wildman–Crippen MR) is 109 cm³/mol. The van der Waals surface area contributed by atoms with Crippen molar-refractivity contribution in [1.29, 1.82) is 0 Å². The number of piperidine rings is 1. The second-order valence-corrected chi connectivity index (χ2v) is 8.55. The molecule has 1 spiro atoms. The van der Waals surface area contributed by atoms with Gasteiger partial charge in [0, 0.05) is 25.2 Å². The molecule has 1 atom stereocenters. The molecule has 1 fully saturated rings. The van der Waals surface area contributed by atoms with E-state index < -0.39 is 53.3 Å². The van der Waals surface area contributed by atoms with Crippen molar-refractivity contribution in [1.82, 2.24) is 4.90 Å². The van der Waals surface area contributed by atoms with Gasteiger partial charge in [-0.1, -0.05) is 30.3 Å². The molecule has 0 N–H and O–H groups in total. The van der Waals surface area contributed by atoms with Gasteiger partial charge in [-0.2, -0.15) is 13.2 Å². The topological polar surface area (TPSA) is 55.8 Å². The van der Waals surface area contributed by atoms with E-state index in [1.807, 2.05) is 24.3 Å². The zero-order valence-corrected chi connectivity index (χ0v) is 18.0. The molecule has 182 valence electrons. The van der Waals surface area contributed by atoms with Crippen LogP contribution in [0.1, 0.15) is 29.5 Å². The van der Waals surface area contributed by atoms with E-state index in [9.17, 15) is 31.5 Å². The third kappa shape index (κ3) is 4.97. The van der Waals surface area contributed by atoms with E-state index in [4.69, 9.17) is 4.74 Å². The van der Waals surface area contributed by atoms with E-state index in [0.29, 0.717) is 32.5 Å². The van der Waals surface area contributed by atoms with E-state index in [1.165, 1.54) is 0 Å². The maximum atomic E-state index is 14.2. The first-order chi connectivity index (χ1) is 16.1. The summed E-state index contributed by atoms with van der Waals surface area (Å²) in [6, 6.07) is 11.0. The summed E-state index contributed by atoms with van der Waals surface area (Å²) in [4.78, 5) is 25.5. The number of alkyl halides is 3. The molecule has 34 heavy (non-hydrogen) atoms. The van der Waals surface area contributed by atoms with Crippen molar-refractivity contribution >= 4 is 11.9 Å². The monoisotopic (exact) mass is 483 g/mol. The fraction of sp³-hybridized carbons (Fsp3) is 0.417. The van der Waals surface area contributed by atoms with Crippen LogP contribution < -0.4 is 0 Å². The van der Waals surface area contributed by atoms with Gasteiger partial charge in [0.2, 0.25) is 0 Å². The van der Waals surface area contributed by atoms with E-state index in [1.54, 1.807) is 4.90 Å². The second-order valence-electron chi connectivity index (χ2n) is 8.55. The molecule has 1 saturated heterocycles. The molecule has 2 aliphatic heterocycles. The molecule has 0 aromatic heterocycles. The summed E-state index contributed by atoms with van der Waals surface area (Å²) in [6.45, 7) is 1.23. The van der Waals surface area contributed by atoms with E-state index in [-0.39, 0.29) is 6.54 Å². The van der Waals surface area contributed by atoms with Crippen LogP contribution in [0.2, 0.25) is 0 Å². The van der Waals surface area contributed by atoms with Crippen molar-refractivity contribution in [3.05, 3.63) is 70.8 Å². The van der Waals surface area contributed by atoms with Crippen LogP contribution in [0.5, 0.6) is 0 Å². The van der Waals surface area contributed by atoms with Crippen molar-refractivity contribution in [3.63, 3.8) is 0 Å². The Hall–Kier alpha value is -2.85. The summed E-state index contributed by atoms with van der Waals surface area (Å²) in [5, 5.41) is 0. The predicted octanol–water partition coefficient (Wildman–Crippen LogP) is 4.28. The zero-order chi connectivity index (χ0) is 24.5. The molecule has 2 aromatic rings. The summed E-state index contributed by atoms with van der Waals surface area (Å²) in [5.74, 6) is -7.40.